The number of amides is 2. The molecule has 6 nitrogen and oxygen atoms in total. The van der Waals surface area contributed by atoms with E-state index in [-0.39, 0.29) is 11.8 Å². The fourth-order valence-electron chi connectivity index (χ4n) is 3.17. The van der Waals surface area contributed by atoms with Gasteiger partial charge in [0.15, 0.2) is 5.78 Å². The molecule has 0 bridgehead atoms. The van der Waals surface area contributed by atoms with Crippen molar-refractivity contribution in [2.45, 2.75) is 19.9 Å². The Labute approximate surface area is 165 Å². The molecule has 1 saturated heterocycles. The topological polar surface area (TPSA) is 70.1 Å². The number of nitrogens with zero attached hydrogens (tertiary/aromatic N) is 2. The van der Waals surface area contributed by atoms with Crippen LogP contribution >= 0.6 is 0 Å². The van der Waals surface area contributed by atoms with Gasteiger partial charge in [0, 0.05) is 30.9 Å². The average Bonchev–Trinajstić information content (AvgIpc) is 3.02. The Bertz CT molecular complexity index is 794. The molecule has 0 unspecified atom stereocenters. The zero-order valence-electron chi connectivity index (χ0n) is 16.1. The summed E-state index contributed by atoms with van der Waals surface area (Å²) in [4.78, 5) is 28.5. The molecule has 3 rings (SSSR count). The molecule has 148 valence electrons. The highest BCUT2D eigenvalue weighted by Crippen LogP contribution is 2.21. The van der Waals surface area contributed by atoms with Crippen molar-refractivity contribution in [2.75, 3.05) is 37.8 Å². The molecule has 0 spiro atoms. The summed E-state index contributed by atoms with van der Waals surface area (Å²) < 4.78 is 5.48. The number of ketones is 1. The van der Waals surface area contributed by atoms with Crippen molar-refractivity contribution in [3.8, 4) is 0 Å². The van der Waals surface area contributed by atoms with E-state index in [0.717, 1.165) is 23.2 Å². The number of hydrogen-bond acceptors (Lipinski definition) is 4. The fraction of sp³-hybridized carbons (Fsp3) is 0.364. The molecule has 2 aromatic carbocycles. The molecule has 2 aromatic rings. The van der Waals surface area contributed by atoms with Crippen LogP contribution in [0.1, 0.15) is 27.9 Å². The summed E-state index contributed by atoms with van der Waals surface area (Å²) in [6.07, 6.45) is 0.825. The Morgan fingerprint density at radius 1 is 1.04 bits per heavy atom. The molecular formula is C22H26N2O4. The van der Waals surface area contributed by atoms with Crippen molar-refractivity contribution in [1.82, 2.24) is 4.90 Å². The van der Waals surface area contributed by atoms with Crippen LogP contribution in [-0.4, -0.2) is 54.7 Å². The SMILES string of the molecule is Cc1ccc(N(Cc2ccc(C(=O)CO)cc2)C(=O)N2CCCOCC2)cc1. The van der Waals surface area contributed by atoms with Crippen LogP contribution in [0.15, 0.2) is 48.5 Å². The monoisotopic (exact) mass is 382 g/mol. The van der Waals surface area contributed by atoms with E-state index in [2.05, 4.69) is 0 Å². The number of aliphatic hydroxyl groups excluding tert-OH is 1. The molecule has 0 aromatic heterocycles. The quantitative estimate of drug-likeness (QED) is 0.807. The molecule has 0 saturated carbocycles. The summed E-state index contributed by atoms with van der Waals surface area (Å²) in [5.41, 5.74) is 3.33. The first-order valence-electron chi connectivity index (χ1n) is 9.52. The van der Waals surface area contributed by atoms with Crippen molar-refractivity contribution in [3.63, 3.8) is 0 Å². The van der Waals surface area contributed by atoms with E-state index in [1.807, 2.05) is 48.2 Å². The molecule has 1 aliphatic rings. The third-order valence-corrected chi connectivity index (χ3v) is 4.83. The second-order valence-electron chi connectivity index (χ2n) is 6.94. The summed E-state index contributed by atoms with van der Waals surface area (Å²) >= 11 is 0. The Balaban J connectivity index is 1.84. The largest absolute Gasteiger partial charge is 0.388 e. The minimum Gasteiger partial charge on any atom is -0.388 e. The Morgan fingerprint density at radius 3 is 2.43 bits per heavy atom. The lowest BCUT2D eigenvalue weighted by molar-refractivity contribution is 0.0903. The molecule has 28 heavy (non-hydrogen) atoms. The lowest BCUT2D eigenvalue weighted by Gasteiger charge is -2.30. The van der Waals surface area contributed by atoms with Crippen LogP contribution in [0.4, 0.5) is 10.5 Å². The van der Waals surface area contributed by atoms with Gasteiger partial charge in [-0.3, -0.25) is 9.69 Å². The van der Waals surface area contributed by atoms with Crippen LogP contribution in [0.2, 0.25) is 0 Å². The maximum atomic E-state index is 13.3. The van der Waals surface area contributed by atoms with E-state index < -0.39 is 6.61 Å². The molecule has 1 heterocycles. The highest BCUT2D eigenvalue weighted by molar-refractivity contribution is 5.97. The zero-order valence-corrected chi connectivity index (χ0v) is 16.1. The van der Waals surface area contributed by atoms with Crippen molar-refractivity contribution >= 4 is 17.5 Å². The maximum Gasteiger partial charge on any atom is 0.324 e. The number of carbonyl (C=O) groups is 2. The molecule has 1 fully saturated rings. The number of Topliss-reactive ketones (excluding diaryl/α,β-unsaturated/α-hetero) is 1. The van der Waals surface area contributed by atoms with Crippen molar-refractivity contribution in [3.05, 3.63) is 65.2 Å². The number of urea groups is 1. The van der Waals surface area contributed by atoms with Gasteiger partial charge in [0.05, 0.1) is 13.2 Å². The molecule has 1 N–H and O–H groups in total. The van der Waals surface area contributed by atoms with Crippen LogP contribution in [0, 0.1) is 6.92 Å². The van der Waals surface area contributed by atoms with Crippen LogP contribution < -0.4 is 4.90 Å². The number of aliphatic hydroxyl groups is 1. The number of aryl methyl sites for hydroxylation is 1. The zero-order chi connectivity index (χ0) is 19.9. The van der Waals surface area contributed by atoms with Crippen LogP contribution in [0.3, 0.4) is 0 Å². The van der Waals surface area contributed by atoms with Gasteiger partial charge < -0.3 is 14.7 Å². The van der Waals surface area contributed by atoms with Crippen LogP contribution in [0.25, 0.3) is 0 Å². The highest BCUT2D eigenvalue weighted by Gasteiger charge is 2.23. The number of ether oxygens (including phenoxy) is 1. The maximum absolute atomic E-state index is 13.3. The molecule has 0 radical (unpaired) electrons. The molecule has 0 atom stereocenters. The average molecular weight is 382 g/mol. The predicted octanol–water partition coefficient (Wildman–Crippen LogP) is 3.02. The first kappa shape index (κ1) is 20.0. The molecule has 6 heteroatoms. The van der Waals surface area contributed by atoms with Gasteiger partial charge in [0.2, 0.25) is 0 Å². The van der Waals surface area contributed by atoms with Gasteiger partial charge in [-0.15, -0.1) is 0 Å². The van der Waals surface area contributed by atoms with Gasteiger partial charge in [-0.25, -0.2) is 4.79 Å². The summed E-state index contributed by atoms with van der Waals surface area (Å²) in [5.74, 6) is -0.317. The smallest absolute Gasteiger partial charge is 0.324 e. The Kier molecular flexibility index (Phi) is 6.79. The van der Waals surface area contributed by atoms with Gasteiger partial charge >= 0.3 is 6.03 Å². The van der Waals surface area contributed by atoms with E-state index in [1.165, 1.54) is 0 Å². The number of rotatable bonds is 5. The second-order valence-corrected chi connectivity index (χ2v) is 6.94. The van der Waals surface area contributed by atoms with Gasteiger partial charge in [-0.1, -0.05) is 42.0 Å². The first-order chi connectivity index (χ1) is 13.6. The number of anilines is 1. The lowest BCUT2D eigenvalue weighted by atomic mass is 10.1. The molecule has 1 aliphatic heterocycles. The summed E-state index contributed by atoms with van der Waals surface area (Å²) in [5, 5.41) is 9.00. The minimum absolute atomic E-state index is 0.0511. The predicted molar refractivity (Wildman–Crippen MR) is 108 cm³/mol. The highest BCUT2D eigenvalue weighted by atomic mass is 16.5. The summed E-state index contributed by atoms with van der Waals surface area (Å²) in [7, 11) is 0. The standard InChI is InChI=1S/C22H26N2O4/c1-17-3-9-20(10-4-17)24(22(27)23-11-2-13-28-14-12-23)15-18-5-7-19(8-6-18)21(26)16-25/h3-10,25H,2,11-16H2,1H3. The molecule has 0 aliphatic carbocycles. The van der Waals surface area contributed by atoms with Gasteiger partial charge in [0.1, 0.15) is 6.61 Å². The van der Waals surface area contributed by atoms with Gasteiger partial charge in [0.25, 0.3) is 0 Å². The third kappa shape index (κ3) is 4.97. The lowest BCUT2D eigenvalue weighted by Crippen LogP contribution is -2.44. The summed E-state index contributed by atoms with van der Waals surface area (Å²) in [6.45, 7) is 4.37. The normalized spacial score (nSPS) is 14.4. The van der Waals surface area contributed by atoms with Crippen molar-refractivity contribution in [2.24, 2.45) is 0 Å². The number of benzene rings is 2. The first-order valence-corrected chi connectivity index (χ1v) is 9.52. The Morgan fingerprint density at radius 2 is 1.75 bits per heavy atom. The van der Waals surface area contributed by atoms with E-state index in [0.29, 0.717) is 38.4 Å². The van der Waals surface area contributed by atoms with Crippen LogP contribution in [-0.2, 0) is 11.3 Å². The van der Waals surface area contributed by atoms with Crippen molar-refractivity contribution < 1.29 is 19.4 Å². The van der Waals surface area contributed by atoms with E-state index in [9.17, 15) is 9.59 Å². The summed E-state index contributed by atoms with van der Waals surface area (Å²) in [6, 6.07) is 14.8. The fourth-order valence-corrected chi connectivity index (χ4v) is 3.17. The van der Waals surface area contributed by atoms with E-state index in [1.54, 1.807) is 17.0 Å². The third-order valence-electron chi connectivity index (χ3n) is 4.83. The van der Waals surface area contributed by atoms with Crippen LogP contribution in [0.5, 0.6) is 0 Å². The molecular weight excluding hydrogens is 356 g/mol. The molecule has 2 amide bonds. The Hall–Kier alpha value is -2.70. The van der Waals surface area contributed by atoms with Crippen molar-refractivity contribution in [1.29, 1.82) is 0 Å². The van der Waals surface area contributed by atoms with E-state index >= 15 is 0 Å². The van der Waals surface area contributed by atoms with E-state index in [4.69, 9.17) is 9.84 Å². The van der Waals surface area contributed by atoms with Gasteiger partial charge in [-0.05, 0) is 31.0 Å². The number of hydrogen-bond donors (Lipinski definition) is 1. The minimum atomic E-state index is -0.510. The number of carbonyl (C=O) groups excluding carboxylic acids is 2. The van der Waals surface area contributed by atoms with Gasteiger partial charge in [-0.2, -0.15) is 0 Å². The second kappa shape index (κ2) is 9.48.